The van der Waals surface area contributed by atoms with Crippen LogP contribution >= 0.6 is 0 Å². The molecule has 1 atom stereocenters. The van der Waals surface area contributed by atoms with Crippen molar-refractivity contribution in [1.29, 1.82) is 0 Å². The van der Waals surface area contributed by atoms with Gasteiger partial charge in [-0.25, -0.2) is 0 Å². The van der Waals surface area contributed by atoms with Gasteiger partial charge in [-0.3, -0.25) is 0 Å². The highest BCUT2D eigenvalue weighted by atomic mass is 16.7. The van der Waals surface area contributed by atoms with Gasteiger partial charge in [0.15, 0.2) is 0 Å². The summed E-state index contributed by atoms with van der Waals surface area (Å²) in [5.41, 5.74) is 2.82. The van der Waals surface area contributed by atoms with Crippen LogP contribution in [0.25, 0.3) is 0 Å². The SMILES string of the molecule is CC1(C)OCc2cc([C@@H](O)CNc3ccccc3)ccc2O1. The lowest BCUT2D eigenvalue weighted by Crippen LogP contribution is -2.35. The standard InChI is InChI=1S/C18H21NO3/c1-18(2)21-12-14-10-13(8-9-17(14)22-18)16(20)11-19-15-6-4-3-5-7-15/h3-10,16,19-20H,11-12H2,1-2H3/t16-/m0/s1. The summed E-state index contributed by atoms with van der Waals surface area (Å²) in [6.45, 7) is 4.73. The van der Waals surface area contributed by atoms with Crippen molar-refractivity contribution in [3.8, 4) is 5.75 Å². The molecule has 4 heteroatoms. The van der Waals surface area contributed by atoms with Gasteiger partial charge in [0.25, 0.3) is 0 Å². The van der Waals surface area contributed by atoms with E-state index in [9.17, 15) is 5.11 Å². The van der Waals surface area contributed by atoms with Crippen molar-refractivity contribution in [1.82, 2.24) is 0 Å². The van der Waals surface area contributed by atoms with Crippen LogP contribution in [0.2, 0.25) is 0 Å². The van der Waals surface area contributed by atoms with Crippen molar-refractivity contribution in [3.05, 3.63) is 59.7 Å². The molecule has 0 saturated carbocycles. The Morgan fingerprint density at radius 1 is 1.18 bits per heavy atom. The summed E-state index contributed by atoms with van der Waals surface area (Å²) in [5.74, 6) is 0.227. The van der Waals surface area contributed by atoms with E-state index in [1.165, 1.54) is 0 Å². The molecule has 0 aromatic heterocycles. The number of hydrogen-bond donors (Lipinski definition) is 2. The number of rotatable bonds is 4. The molecular weight excluding hydrogens is 278 g/mol. The highest BCUT2D eigenvalue weighted by Crippen LogP contribution is 2.32. The fraction of sp³-hybridized carbons (Fsp3) is 0.333. The summed E-state index contributed by atoms with van der Waals surface area (Å²) < 4.78 is 11.4. The van der Waals surface area contributed by atoms with Gasteiger partial charge in [-0.15, -0.1) is 0 Å². The summed E-state index contributed by atoms with van der Waals surface area (Å²) in [4.78, 5) is 0. The molecule has 1 aliphatic heterocycles. The molecule has 2 N–H and O–H groups in total. The number of benzene rings is 2. The number of aliphatic hydroxyl groups is 1. The van der Waals surface area contributed by atoms with Crippen LogP contribution in [-0.4, -0.2) is 17.4 Å². The number of ether oxygens (including phenoxy) is 2. The molecule has 0 saturated heterocycles. The van der Waals surface area contributed by atoms with Crippen LogP contribution < -0.4 is 10.1 Å². The van der Waals surface area contributed by atoms with E-state index in [2.05, 4.69) is 5.32 Å². The van der Waals surface area contributed by atoms with Crippen LogP contribution in [0.5, 0.6) is 5.75 Å². The Bertz CT molecular complexity index is 640. The maximum atomic E-state index is 10.3. The molecular formula is C18H21NO3. The van der Waals surface area contributed by atoms with Gasteiger partial charge in [0.2, 0.25) is 5.79 Å². The summed E-state index contributed by atoms with van der Waals surface area (Å²) >= 11 is 0. The van der Waals surface area contributed by atoms with Crippen LogP contribution in [0.1, 0.15) is 31.1 Å². The molecule has 22 heavy (non-hydrogen) atoms. The monoisotopic (exact) mass is 299 g/mol. The van der Waals surface area contributed by atoms with Crippen LogP contribution in [0.4, 0.5) is 5.69 Å². The van der Waals surface area contributed by atoms with Gasteiger partial charge in [0.05, 0.1) is 12.7 Å². The summed E-state index contributed by atoms with van der Waals surface area (Å²) in [5, 5.41) is 13.6. The molecule has 0 aliphatic carbocycles. The Kier molecular flexibility index (Phi) is 4.05. The molecule has 0 fully saturated rings. The molecule has 116 valence electrons. The van der Waals surface area contributed by atoms with Crippen molar-refractivity contribution >= 4 is 5.69 Å². The van der Waals surface area contributed by atoms with Crippen LogP contribution in [0.3, 0.4) is 0 Å². The molecule has 0 radical (unpaired) electrons. The number of fused-ring (bicyclic) bond motifs is 1. The van der Waals surface area contributed by atoms with Gasteiger partial charge in [-0.2, -0.15) is 0 Å². The van der Waals surface area contributed by atoms with Crippen molar-refractivity contribution in [3.63, 3.8) is 0 Å². The van der Waals surface area contributed by atoms with E-state index >= 15 is 0 Å². The molecule has 2 aromatic carbocycles. The predicted octanol–water partition coefficient (Wildman–Crippen LogP) is 3.48. The molecule has 1 aliphatic rings. The van der Waals surface area contributed by atoms with Crippen LogP contribution in [0, 0.1) is 0 Å². The minimum absolute atomic E-state index is 0.454. The van der Waals surface area contributed by atoms with Crippen LogP contribution in [0.15, 0.2) is 48.5 Å². The number of anilines is 1. The predicted molar refractivity (Wildman–Crippen MR) is 85.8 cm³/mol. The molecule has 1 heterocycles. The Morgan fingerprint density at radius 2 is 1.95 bits per heavy atom. The van der Waals surface area contributed by atoms with Gasteiger partial charge in [0, 0.05) is 31.6 Å². The van der Waals surface area contributed by atoms with Gasteiger partial charge >= 0.3 is 0 Å². The third-order valence-electron chi connectivity index (χ3n) is 3.67. The molecule has 4 nitrogen and oxygen atoms in total. The van der Waals surface area contributed by atoms with E-state index in [1.54, 1.807) is 0 Å². The van der Waals surface area contributed by atoms with Crippen molar-refractivity contribution in [2.75, 3.05) is 11.9 Å². The minimum atomic E-state index is -0.595. The second-order valence-corrected chi connectivity index (χ2v) is 5.92. The zero-order valence-corrected chi connectivity index (χ0v) is 12.9. The minimum Gasteiger partial charge on any atom is -0.463 e. The maximum absolute atomic E-state index is 10.3. The Labute approximate surface area is 130 Å². The fourth-order valence-corrected chi connectivity index (χ4v) is 2.45. The topological polar surface area (TPSA) is 50.7 Å². The lowest BCUT2D eigenvalue weighted by atomic mass is 10.0. The number of aliphatic hydroxyl groups excluding tert-OH is 1. The maximum Gasteiger partial charge on any atom is 0.205 e. The first-order valence-electron chi connectivity index (χ1n) is 7.46. The van der Waals surface area contributed by atoms with E-state index in [1.807, 2.05) is 62.4 Å². The number of para-hydroxylation sites is 1. The molecule has 3 rings (SSSR count). The first-order chi connectivity index (χ1) is 10.5. The highest BCUT2D eigenvalue weighted by molar-refractivity contribution is 5.43. The third kappa shape index (κ3) is 3.40. The average molecular weight is 299 g/mol. The van der Waals surface area contributed by atoms with Gasteiger partial charge in [-0.05, 0) is 29.8 Å². The Morgan fingerprint density at radius 3 is 2.73 bits per heavy atom. The van der Waals surface area contributed by atoms with Crippen molar-refractivity contribution in [2.45, 2.75) is 32.3 Å². The van der Waals surface area contributed by atoms with Gasteiger partial charge in [-0.1, -0.05) is 24.3 Å². The lowest BCUT2D eigenvalue weighted by molar-refractivity contribution is -0.180. The number of nitrogens with one attached hydrogen (secondary N) is 1. The number of hydrogen-bond acceptors (Lipinski definition) is 4. The Balaban J connectivity index is 1.67. The van der Waals surface area contributed by atoms with E-state index in [0.717, 1.165) is 22.6 Å². The second-order valence-electron chi connectivity index (χ2n) is 5.92. The zero-order chi connectivity index (χ0) is 15.6. The summed E-state index contributed by atoms with van der Waals surface area (Å²) in [6, 6.07) is 15.6. The average Bonchev–Trinajstić information content (AvgIpc) is 2.52. The first-order valence-corrected chi connectivity index (χ1v) is 7.46. The van der Waals surface area contributed by atoms with E-state index in [4.69, 9.17) is 9.47 Å². The van der Waals surface area contributed by atoms with Crippen molar-refractivity contribution < 1.29 is 14.6 Å². The molecule has 0 spiro atoms. The zero-order valence-electron chi connectivity index (χ0n) is 12.9. The van der Waals surface area contributed by atoms with E-state index < -0.39 is 11.9 Å². The largest absolute Gasteiger partial charge is 0.463 e. The van der Waals surface area contributed by atoms with Crippen LogP contribution in [-0.2, 0) is 11.3 Å². The Hall–Kier alpha value is -2.04. The smallest absolute Gasteiger partial charge is 0.205 e. The fourth-order valence-electron chi connectivity index (χ4n) is 2.45. The van der Waals surface area contributed by atoms with E-state index in [-0.39, 0.29) is 0 Å². The first kappa shape index (κ1) is 14.9. The second kappa shape index (κ2) is 5.99. The molecule has 2 aromatic rings. The summed E-state index contributed by atoms with van der Waals surface area (Å²) in [7, 11) is 0. The molecule has 0 amide bonds. The highest BCUT2D eigenvalue weighted by Gasteiger charge is 2.27. The normalized spacial score (nSPS) is 17.2. The molecule has 0 bridgehead atoms. The van der Waals surface area contributed by atoms with Gasteiger partial charge < -0.3 is 19.9 Å². The lowest BCUT2D eigenvalue weighted by Gasteiger charge is -2.33. The van der Waals surface area contributed by atoms with E-state index in [0.29, 0.717) is 13.2 Å². The van der Waals surface area contributed by atoms with Gasteiger partial charge in [0.1, 0.15) is 5.75 Å². The third-order valence-corrected chi connectivity index (χ3v) is 3.67. The summed E-state index contributed by atoms with van der Waals surface area (Å²) in [6.07, 6.45) is -0.583. The quantitative estimate of drug-likeness (QED) is 0.907. The molecule has 0 unspecified atom stereocenters. The van der Waals surface area contributed by atoms with Crippen molar-refractivity contribution in [2.24, 2.45) is 0 Å².